The van der Waals surface area contributed by atoms with Crippen molar-refractivity contribution in [2.75, 3.05) is 17.7 Å². The lowest BCUT2D eigenvalue weighted by Gasteiger charge is -2.13. The highest BCUT2D eigenvalue weighted by molar-refractivity contribution is 7.22. The highest BCUT2D eigenvalue weighted by atomic mass is 32.1. The maximum atomic E-state index is 12.3. The van der Waals surface area contributed by atoms with Crippen molar-refractivity contribution in [3.63, 3.8) is 0 Å². The van der Waals surface area contributed by atoms with Crippen LogP contribution in [-0.2, 0) is 4.79 Å². The first kappa shape index (κ1) is 17.2. The van der Waals surface area contributed by atoms with Crippen molar-refractivity contribution >= 4 is 38.3 Å². The van der Waals surface area contributed by atoms with Crippen LogP contribution in [0.15, 0.2) is 24.3 Å². The molecule has 25 heavy (non-hydrogen) atoms. The van der Waals surface area contributed by atoms with Crippen molar-refractivity contribution < 1.29 is 9.53 Å². The second-order valence-electron chi connectivity index (χ2n) is 6.20. The van der Waals surface area contributed by atoms with E-state index in [1.807, 2.05) is 52.0 Å². The first-order valence-electron chi connectivity index (χ1n) is 8.01. The summed E-state index contributed by atoms with van der Waals surface area (Å²) in [6.07, 6.45) is 0. The van der Waals surface area contributed by atoms with Gasteiger partial charge in [0.2, 0.25) is 0 Å². The largest absolute Gasteiger partial charge is 0.483 e. The maximum Gasteiger partial charge on any atom is 0.262 e. The highest BCUT2D eigenvalue weighted by Crippen LogP contribution is 2.34. The van der Waals surface area contributed by atoms with Crippen LogP contribution in [0, 0.1) is 27.7 Å². The van der Waals surface area contributed by atoms with E-state index in [1.54, 1.807) is 0 Å². The lowest BCUT2D eigenvalue weighted by molar-refractivity contribution is -0.118. The Balaban J connectivity index is 1.75. The summed E-state index contributed by atoms with van der Waals surface area (Å²) in [6, 6.07) is 7.83. The van der Waals surface area contributed by atoms with E-state index in [2.05, 4.69) is 10.3 Å². The van der Waals surface area contributed by atoms with E-state index in [1.165, 1.54) is 11.3 Å². The van der Waals surface area contributed by atoms with E-state index in [9.17, 15) is 4.79 Å². The van der Waals surface area contributed by atoms with Gasteiger partial charge in [-0.25, -0.2) is 4.98 Å². The number of carbonyl (C=O) groups excluding carboxylic acids is 1. The molecule has 0 aliphatic rings. The van der Waals surface area contributed by atoms with E-state index < -0.39 is 0 Å². The molecular formula is C19H21N3O2S. The molecule has 0 saturated heterocycles. The Morgan fingerprint density at radius 3 is 2.68 bits per heavy atom. The number of nitrogens with zero attached hydrogens (tertiary/aromatic N) is 1. The molecule has 3 aromatic rings. The van der Waals surface area contributed by atoms with E-state index in [0.29, 0.717) is 5.13 Å². The topological polar surface area (TPSA) is 77.2 Å². The third kappa shape index (κ3) is 3.58. The fourth-order valence-electron chi connectivity index (χ4n) is 2.87. The highest BCUT2D eigenvalue weighted by Gasteiger charge is 2.14. The van der Waals surface area contributed by atoms with Crippen LogP contribution >= 0.6 is 11.3 Å². The lowest BCUT2D eigenvalue weighted by atomic mass is 10.1. The maximum absolute atomic E-state index is 12.3. The summed E-state index contributed by atoms with van der Waals surface area (Å²) >= 11 is 1.43. The van der Waals surface area contributed by atoms with Crippen molar-refractivity contribution in [1.29, 1.82) is 0 Å². The summed E-state index contributed by atoms with van der Waals surface area (Å²) in [7, 11) is 0. The van der Waals surface area contributed by atoms with E-state index in [0.717, 1.165) is 43.9 Å². The summed E-state index contributed by atoms with van der Waals surface area (Å²) in [5.41, 5.74) is 11.6. The Bertz CT molecular complexity index is 963. The minimum Gasteiger partial charge on any atom is -0.483 e. The van der Waals surface area contributed by atoms with Crippen LogP contribution in [-0.4, -0.2) is 17.5 Å². The molecule has 3 rings (SSSR count). The van der Waals surface area contributed by atoms with Gasteiger partial charge in [0, 0.05) is 5.69 Å². The van der Waals surface area contributed by atoms with Gasteiger partial charge >= 0.3 is 0 Å². The predicted molar refractivity (Wildman–Crippen MR) is 104 cm³/mol. The van der Waals surface area contributed by atoms with Crippen LogP contribution in [0.4, 0.5) is 10.8 Å². The number of benzene rings is 2. The Hall–Kier alpha value is -2.60. The van der Waals surface area contributed by atoms with Crippen LogP contribution in [0.3, 0.4) is 0 Å². The molecule has 6 heteroatoms. The molecule has 0 saturated carbocycles. The van der Waals surface area contributed by atoms with Crippen LogP contribution in [0.2, 0.25) is 0 Å². The van der Waals surface area contributed by atoms with Crippen LogP contribution in [0.1, 0.15) is 22.3 Å². The Labute approximate surface area is 150 Å². The minimum atomic E-state index is -0.192. The van der Waals surface area contributed by atoms with Gasteiger partial charge in [-0.3, -0.25) is 4.79 Å². The molecule has 5 nitrogen and oxygen atoms in total. The van der Waals surface area contributed by atoms with Gasteiger partial charge in [-0.1, -0.05) is 29.0 Å². The summed E-state index contributed by atoms with van der Waals surface area (Å²) in [5.74, 6) is 0.530. The zero-order valence-corrected chi connectivity index (χ0v) is 15.6. The molecule has 0 radical (unpaired) electrons. The molecule has 0 spiro atoms. The van der Waals surface area contributed by atoms with Gasteiger partial charge < -0.3 is 15.8 Å². The predicted octanol–water partition coefficient (Wildman–Crippen LogP) is 4.13. The minimum absolute atomic E-state index is 0.0361. The molecule has 0 aliphatic heterocycles. The fraction of sp³-hybridized carbons (Fsp3) is 0.263. The second kappa shape index (κ2) is 6.72. The molecule has 0 atom stereocenters. The standard InChI is InChI=1S/C19H21N3O2S/c1-10-5-6-15(11(2)7-10)24-9-16(23)22-17-12(3)8-14-18(13(17)4)25-19(20)21-14/h5-8H,9H2,1-4H3,(H2,20,21)(H,22,23). The fourth-order valence-corrected chi connectivity index (χ4v) is 3.69. The van der Waals surface area contributed by atoms with Crippen molar-refractivity contribution in [2.45, 2.75) is 27.7 Å². The smallest absolute Gasteiger partial charge is 0.262 e. The number of ether oxygens (including phenoxy) is 1. The number of carbonyl (C=O) groups is 1. The third-order valence-electron chi connectivity index (χ3n) is 4.09. The van der Waals surface area contributed by atoms with Crippen LogP contribution in [0.25, 0.3) is 10.2 Å². The number of amides is 1. The first-order valence-corrected chi connectivity index (χ1v) is 8.83. The van der Waals surface area contributed by atoms with Crippen LogP contribution < -0.4 is 15.8 Å². The number of nitrogens with two attached hydrogens (primary N) is 1. The van der Waals surface area contributed by atoms with Gasteiger partial charge in [0.15, 0.2) is 11.7 Å². The molecular weight excluding hydrogens is 334 g/mol. The average Bonchev–Trinajstić information content (AvgIpc) is 2.91. The van der Waals surface area contributed by atoms with Crippen LogP contribution in [0.5, 0.6) is 5.75 Å². The molecule has 1 heterocycles. The quantitative estimate of drug-likeness (QED) is 0.738. The number of nitrogens with one attached hydrogen (secondary N) is 1. The molecule has 1 aromatic heterocycles. The number of hydrogen-bond donors (Lipinski definition) is 2. The van der Waals surface area contributed by atoms with E-state index in [4.69, 9.17) is 10.5 Å². The van der Waals surface area contributed by atoms with E-state index in [-0.39, 0.29) is 12.5 Å². The molecule has 0 aliphatic carbocycles. The average molecular weight is 355 g/mol. The number of nitrogen functional groups attached to an aromatic ring is 1. The Morgan fingerprint density at radius 2 is 1.96 bits per heavy atom. The van der Waals surface area contributed by atoms with Gasteiger partial charge in [0.1, 0.15) is 5.75 Å². The summed E-state index contributed by atoms with van der Waals surface area (Å²) in [6.45, 7) is 7.87. The van der Waals surface area contributed by atoms with Crippen molar-refractivity contribution in [1.82, 2.24) is 4.98 Å². The number of aryl methyl sites for hydroxylation is 4. The number of fused-ring (bicyclic) bond motifs is 1. The number of rotatable bonds is 4. The van der Waals surface area contributed by atoms with Gasteiger partial charge in [-0.15, -0.1) is 0 Å². The molecule has 3 N–H and O–H groups in total. The molecule has 0 unspecified atom stereocenters. The SMILES string of the molecule is Cc1ccc(OCC(=O)Nc2c(C)cc3nc(N)sc3c2C)c(C)c1. The number of anilines is 2. The molecule has 0 bridgehead atoms. The Kier molecular flexibility index (Phi) is 4.63. The van der Waals surface area contributed by atoms with E-state index >= 15 is 0 Å². The normalized spacial score (nSPS) is 10.9. The van der Waals surface area contributed by atoms with Gasteiger partial charge in [-0.2, -0.15) is 0 Å². The molecule has 1 amide bonds. The molecule has 2 aromatic carbocycles. The van der Waals surface area contributed by atoms with Gasteiger partial charge in [0.05, 0.1) is 10.2 Å². The zero-order valence-electron chi connectivity index (χ0n) is 14.8. The van der Waals surface area contributed by atoms with Crippen molar-refractivity contribution in [2.24, 2.45) is 0 Å². The number of aromatic nitrogens is 1. The lowest BCUT2D eigenvalue weighted by Crippen LogP contribution is -2.21. The number of hydrogen-bond acceptors (Lipinski definition) is 5. The van der Waals surface area contributed by atoms with Gasteiger partial charge in [-0.05, 0) is 56.5 Å². The first-order chi connectivity index (χ1) is 11.8. The number of thiazole rings is 1. The third-order valence-corrected chi connectivity index (χ3v) is 5.11. The van der Waals surface area contributed by atoms with Gasteiger partial charge in [0.25, 0.3) is 5.91 Å². The Morgan fingerprint density at radius 1 is 1.20 bits per heavy atom. The van der Waals surface area contributed by atoms with Crippen molar-refractivity contribution in [3.8, 4) is 5.75 Å². The summed E-state index contributed by atoms with van der Waals surface area (Å²) in [4.78, 5) is 16.6. The zero-order chi connectivity index (χ0) is 18.1. The summed E-state index contributed by atoms with van der Waals surface area (Å²) in [5, 5.41) is 3.48. The molecule has 130 valence electrons. The molecule has 0 fully saturated rings. The summed E-state index contributed by atoms with van der Waals surface area (Å²) < 4.78 is 6.65. The van der Waals surface area contributed by atoms with Crippen molar-refractivity contribution in [3.05, 3.63) is 46.5 Å². The monoisotopic (exact) mass is 355 g/mol. The second-order valence-corrected chi connectivity index (χ2v) is 7.23.